The Morgan fingerprint density at radius 3 is 2.49 bits per heavy atom. The lowest BCUT2D eigenvalue weighted by Gasteiger charge is -2.40. The van der Waals surface area contributed by atoms with Crippen molar-refractivity contribution in [1.29, 1.82) is 0 Å². The van der Waals surface area contributed by atoms with Gasteiger partial charge in [-0.1, -0.05) is 18.0 Å². The summed E-state index contributed by atoms with van der Waals surface area (Å²) in [7, 11) is 0. The molecule has 0 radical (unpaired) electrons. The van der Waals surface area contributed by atoms with Crippen LogP contribution >= 0.6 is 11.6 Å². The number of piperidine rings is 2. The van der Waals surface area contributed by atoms with E-state index in [1.807, 2.05) is 13.0 Å². The number of ether oxygens (including phenoxy) is 1. The molecule has 1 aromatic heterocycles. The van der Waals surface area contributed by atoms with Gasteiger partial charge in [-0.2, -0.15) is 4.98 Å². The molecular weight excluding hydrogens is 496 g/mol. The molecule has 0 aliphatic carbocycles. The fraction of sp³-hybridized carbons (Fsp3) is 0.429. The highest BCUT2D eigenvalue weighted by Crippen LogP contribution is 2.35. The summed E-state index contributed by atoms with van der Waals surface area (Å²) >= 11 is 6.52. The van der Waals surface area contributed by atoms with Crippen LogP contribution in [-0.2, 0) is 0 Å². The Kier molecular flexibility index (Phi) is 8.05. The second-order valence-corrected chi connectivity index (χ2v) is 9.98. The number of likely N-dealkylation sites (tertiary alicyclic amines) is 1. The molecule has 2 saturated heterocycles. The number of rotatable bonds is 7. The summed E-state index contributed by atoms with van der Waals surface area (Å²) in [6, 6.07) is 9.42. The molecule has 0 unspecified atom stereocenters. The Morgan fingerprint density at radius 2 is 1.78 bits per heavy atom. The zero-order valence-corrected chi connectivity index (χ0v) is 21.8. The smallest absolute Gasteiger partial charge is 0.227 e. The number of benzene rings is 2. The minimum absolute atomic E-state index is 0.210. The standard InChI is InChI=1S/C28H32ClF2N5O/c1-2-37-21-7-9-26(24(29)17-21)33-27-23(22-8-6-19(30)16-25(22)31)18-32-28(34-27)36-14-10-20(11-15-36)35-12-4-3-5-13-35/h6-9,16-18,20H,2-5,10-15H2,1H3,(H,32,33,34). The maximum atomic E-state index is 14.8. The van der Waals surface area contributed by atoms with Crippen LogP contribution in [0.2, 0.25) is 5.02 Å². The summed E-state index contributed by atoms with van der Waals surface area (Å²) in [5.41, 5.74) is 1.23. The minimum atomic E-state index is -0.681. The Morgan fingerprint density at radius 1 is 1.00 bits per heavy atom. The molecule has 6 nitrogen and oxygen atoms in total. The third-order valence-corrected chi connectivity index (χ3v) is 7.47. The maximum absolute atomic E-state index is 14.8. The first-order chi connectivity index (χ1) is 18.0. The van der Waals surface area contributed by atoms with Crippen molar-refractivity contribution < 1.29 is 13.5 Å². The van der Waals surface area contributed by atoms with Gasteiger partial charge in [0.1, 0.15) is 23.2 Å². The lowest BCUT2D eigenvalue weighted by molar-refractivity contribution is 0.141. The quantitative estimate of drug-likeness (QED) is 0.370. The van der Waals surface area contributed by atoms with Crippen LogP contribution < -0.4 is 15.0 Å². The van der Waals surface area contributed by atoms with Gasteiger partial charge in [-0.3, -0.25) is 0 Å². The predicted octanol–water partition coefficient (Wildman–Crippen LogP) is 6.67. The van der Waals surface area contributed by atoms with E-state index in [1.165, 1.54) is 44.5 Å². The number of anilines is 3. The molecule has 2 aliphatic heterocycles. The summed E-state index contributed by atoms with van der Waals surface area (Å²) in [5.74, 6) is 0.314. The highest BCUT2D eigenvalue weighted by Gasteiger charge is 2.27. The van der Waals surface area contributed by atoms with Crippen LogP contribution in [0.4, 0.5) is 26.2 Å². The molecular formula is C28H32ClF2N5O. The van der Waals surface area contributed by atoms with E-state index >= 15 is 0 Å². The summed E-state index contributed by atoms with van der Waals surface area (Å²) in [6.07, 6.45) is 7.62. The van der Waals surface area contributed by atoms with Crippen molar-refractivity contribution in [2.75, 3.05) is 43.0 Å². The van der Waals surface area contributed by atoms with E-state index in [2.05, 4.69) is 20.1 Å². The van der Waals surface area contributed by atoms with Gasteiger partial charge in [0.2, 0.25) is 5.95 Å². The van der Waals surface area contributed by atoms with E-state index in [0.29, 0.717) is 46.4 Å². The fourth-order valence-electron chi connectivity index (χ4n) is 5.22. The Balaban J connectivity index is 1.42. The lowest BCUT2D eigenvalue weighted by Crippen LogP contribution is -2.47. The largest absolute Gasteiger partial charge is 0.494 e. The summed E-state index contributed by atoms with van der Waals surface area (Å²) in [6.45, 7) is 6.53. The Hall–Kier alpha value is -2.97. The zero-order chi connectivity index (χ0) is 25.8. The molecule has 3 heterocycles. The number of nitrogens with one attached hydrogen (secondary N) is 1. The molecule has 3 aromatic rings. The average molecular weight is 528 g/mol. The van der Waals surface area contributed by atoms with Crippen LogP contribution in [0.15, 0.2) is 42.6 Å². The third-order valence-electron chi connectivity index (χ3n) is 7.16. The van der Waals surface area contributed by atoms with Crippen LogP contribution in [0.5, 0.6) is 5.75 Å². The first kappa shape index (κ1) is 25.7. The van der Waals surface area contributed by atoms with Gasteiger partial charge in [0, 0.05) is 48.6 Å². The number of nitrogens with zero attached hydrogens (tertiary/aromatic N) is 4. The molecule has 0 spiro atoms. The van der Waals surface area contributed by atoms with Gasteiger partial charge in [0.15, 0.2) is 0 Å². The van der Waals surface area contributed by atoms with Gasteiger partial charge in [0.05, 0.1) is 17.3 Å². The van der Waals surface area contributed by atoms with Gasteiger partial charge in [-0.05, 0) is 70.0 Å². The summed E-state index contributed by atoms with van der Waals surface area (Å²) in [5, 5.41) is 3.70. The number of halogens is 3. The highest BCUT2D eigenvalue weighted by atomic mass is 35.5. The zero-order valence-electron chi connectivity index (χ0n) is 21.0. The van der Waals surface area contributed by atoms with E-state index in [-0.39, 0.29) is 5.56 Å². The van der Waals surface area contributed by atoms with E-state index in [1.54, 1.807) is 18.3 Å². The number of hydrogen-bond donors (Lipinski definition) is 1. The monoisotopic (exact) mass is 527 g/mol. The summed E-state index contributed by atoms with van der Waals surface area (Å²) < 4.78 is 33.9. The average Bonchev–Trinajstić information content (AvgIpc) is 2.91. The molecule has 0 atom stereocenters. The topological polar surface area (TPSA) is 53.5 Å². The molecule has 37 heavy (non-hydrogen) atoms. The van der Waals surface area contributed by atoms with Crippen molar-refractivity contribution in [3.05, 3.63) is 59.3 Å². The SMILES string of the molecule is CCOc1ccc(Nc2nc(N3CCC(N4CCCCC4)CC3)ncc2-c2ccc(F)cc2F)c(Cl)c1. The number of hydrogen-bond acceptors (Lipinski definition) is 6. The van der Waals surface area contributed by atoms with E-state index in [9.17, 15) is 8.78 Å². The predicted molar refractivity (Wildman–Crippen MR) is 144 cm³/mol. The Labute approximate surface area is 221 Å². The molecule has 2 aliphatic rings. The highest BCUT2D eigenvalue weighted by molar-refractivity contribution is 6.33. The van der Waals surface area contributed by atoms with Crippen molar-refractivity contribution in [1.82, 2.24) is 14.9 Å². The molecule has 9 heteroatoms. The van der Waals surface area contributed by atoms with E-state index in [0.717, 1.165) is 32.0 Å². The van der Waals surface area contributed by atoms with Crippen LogP contribution in [0.25, 0.3) is 11.1 Å². The van der Waals surface area contributed by atoms with Gasteiger partial charge in [-0.15, -0.1) is 0 Å². The first-order valence-corrected chi connectivity index (χ1v) is 13.4. The van der Waals surface area contributed by atoms with Crippen molar-refractivity contribution in [3.63, 3.8) is 0 Å². The first-order valence-electron chi connectivity index (χ1n) is 13.0. The minimum Gasteiger partial charge on any atom is -0.494 e. The van der Waals surface area contributed by atoms with Crippen molar-refractivity contribution >= 4 is 29.1 Å². The van der Waals surface area contributed by atoms with E-state index in [4.69, 9.17) is 21.3 Å². The lowest BCUT2D eigenvalue weighted by atomic mass is 10.00. The van der Waals surface area contributed by atoms with Crippen LogP contribution in [0, 0.1) is 11.6 Å². The van der Waals surface area contributed by atoms with Crippen molar-refractivity contribution in [2.45, 2.75) is 45.1 Å². The maximum Gasteiger partial charge on any atom is 0.227 e. The molecule has 0 bridgehead atoms. The van der Waals surface area contributed by atoms with Gasteiger partial charge in [0.25, 0.3) is 0 Å². The van der Waals surface area contributed by atoms with Gasteiger partial charge < -0.3 is 19.9 Å². The molecule has 0 saturated carbocycles. The third kappa shape index (κ3) is 5.96. The Bertz CT molecular complexity index is 1230. The second-order valence-electron chi connectivity index (χ2n) is 9.57. The number of aromatic nitrogens is 2. The molecule has 196 valence electrons. The van der Waals surface area contributed by atoms with Gasteiger partial charge in [-0.25, -0.2) is 13.8 Å². The summed E-state index contributed by atoms with van der Waals surface area (Å²) in [4.78, 5) is 14.2. The van der Waals surface area contributed by atoms with Crippen molar-refractivity contribution in [2.24, 2.45) is 0 Å². The van der Waals surface area contributed by atoms with Crippen molar-refractivity contribution in [3.8, 4) is 16.9 Å². The molecule has 0 amide bonds. The molecule has 2 aromatic carbocycles. The molecule has 2 fully saturated rings. The molecule has 1 N–H and O–H groups in total. The second kappa shape index (κ2) is 11.6. The van der Waals surface area contributed by atoms with Gasteiger partial charge >= 0.3 is 0 Å². The van der Waals surface area contributed by atoms with Crippen LogP contribution in [0.1, 0.15) is 39.0 Å². The van der Waals surface area contributed by atoms with E-state index < -0.39 is 11.6 Å². The van der Waals surface area contributed by atoms with Crippen LogP contribution in [0.3, 0.4) is 0 Å². The van der Waals surface area contributed by atoms with Crippen LogP contribution in [-0.4, -0.2) is 53.7 Å². The molecule has 5 rings (SSSR count). The fourth-order valence-corrected chi connectivity index (χ4v) is 5.44. The normalized spacial score (nSPS) is 17.1.